The molecule has 94 valence electrons. The van der Waals surface area contributed by atoms with E-state index in [0.29, 0.717) is 5.56 Å². The fraction of sp³-hybridized carbons (Fsp3) is 0.100. The maximum Gasteiger partial charge on any atom is 0.471 e. The molecule has 1 aromatic heterocycles. The van der Waals surface area contributed by atoms with Gasteiger partial charge in [0.2, 0.25) is 5.82 Å². The lowest BCUT2D eigenvalue weighted by Gasteiger charge is -1.98. The smallest absolute Gasteiger partial charge is 0.429 e. The highest BCUT2D eigenvalue weighted by atomic mass is 19.4. The minimum Gasteiger partial charge on any atom is -0.429 e. The van der Waals surface area contributed by atoms with E-state index in [1.165, 1.54) is 24.3 Å². The number of aromatic nitrogens is 2. The van der Waals surface area contributed by atoms with Gasteiger partial charge in [0.25, 0.3) is 6.47 Å². The van der Waals surface area contributed by atoms with Crippen LogP contribution in [0.15, 0.2) is 28.8 Å². The normalized spacial score (nSPS) is 11.3. The standard InChI is InChI=1S/C10H5F3N2O3/c11-10(12,13)9-14-8(15-18-9)6-1-3-7(4-2-6)17-5-16/h1-5H. The van der Waals surface area contributed by atoms with E-state index in [-0.39, 0.29) is 18.0 Å². The molecule has 0 radical (unpaired) electrons. The van der Waals surface area contributed by atoms with Gasteiger partial charge in [-0.15, -0.1) is 0 Å². The van der Waals surface area contributed by atoms with Gasteiger partial charge < -0.3 is 9.26 Å². The van der Waals surface area contributed by atoms with Gasteiger partial charge in [-0.05, 0) is 24.3 Å². The topological polar surface area (TPSA) is 65.2 Å². The van der Waals surface area contributed by atoms with Crippen LogP contribution in [-0.2, 0) is 11.0 Å². The molecule has 0 bridgehead atoms. The largest absolute Gasteiger partial charge is 0.471 e. The molecular formula is C10H5F3N2O3. The maximum atomic E-state index is 12.2. The van der Waals surface area contributed by atoms with Crippen LogP contribution < -0.4 is 4.74 Å². The Kier molecular flexibility index (Phi) is 3.00. The van der Waals surface area contributed by atoms with Gasteiger partial charge in [-0.3, -0.25) is 4.79 Å². The molecule has 0 fully saturated rings. The number of ether oxygens (including phenoxy) is 1. The minimum atomic E-state index is -4.67. The molecule has 5 nitrogen and oxygen atoms in total. The fourth-order valence-electron chi connectivity index (χ4n) is 1.19. The van der Waals surface area contributed by atoms with E-state index in [2.05, 4.69) is 19.4 Å². The zero-order valence-corrected chi connectivity index (χ0v) is 8.64. The molecule has 0 atom stereocenters. The first-order chi connectivity index (χ1) is 8.50. The number of nitrogens with zero attached hydrogens (tertiary/aromatic N) is 2. The first kappa shape index (κ1) is 12.1. The van der Waals surface area contributed by atoms with Crippen molar-refractivity contribution in [3.05, 3.63) is 30.2 Å². The van der Waals surface area contributed by atoms with Crippen molar-refractivity contribution in [3.8, 4) is 17.1 Å². The molecule has 18 heavy (non-hydrogen) atoms. The summed E-state index contributed by atoms with van der Waals surface area (Å²) >= 11 is 0. The molecule has 0 unspecified atom stereocenters. The Bertz CT molecular complexity index is 548. The van der Waals surface area contributed by atoms with Crippen LogP contribution in [0, 0.1) is 0 Å². The van der Waals surface area contributed by atoms with Crippen LogP contribution in [0.5, 0.6) is 5.75 Å². The van der Waals surface area contributed by atoms with Gasteiger partial charge in [0.05, 0.1) is 0 Å². The molecule has 0 saturated carbocycles. The molecule has 0 spiro atoms. The van der Waals surface area contributed by atoms with E-state index in [1.807, 2.05) is 0 Å². The summed E-state index contributed by atoms with van der Waals surface area (Å²) in [4.78, 5) is 13.3. The van der Waals surface area contributed by atoms with Crippen LogP contribution in [0.25, 0.3) is 11.4 Å². The van der Waals surface area contributed by atoms with Gasteiger partial charge in [-0.2, -0.15) is 18.2 Å². The van der Waals surface area contributed by atoms with Crippen LogP contribution in [0.3, 0.4) is 0 Å². The first-order valence-corrected chi connectivity index (χ1v) is 4.62. The van der Waals surface area contributed by atoms with Crippen molar-refractivity contribution in [1.82, 2.24) is 10.1 Å². The highest BCUT2D eigenvalue weighted by Gasteiger charge is 2.38. The second kappa shape index (κ2) is 4.47. The van der Waals surface area contributed by atoms with Crippen molar-refractivity contribution < 1.29 is 27.2 Å². The average Bonchev–Trinajstić information content (AvgIpc) is 2.79. The van der Waals surface area contributed by atoms with E-state index in [0.717, 1.165) is 0 Å². The molecule has 1 aromatic carbocycles. The van der Waals surface area contributed by atoms with Gasteiger partial charge >= 0.3 is 12.1 Å². The van der Waals surface area contributed by atoms with Gasteiger partial charge in [0, 0.05) is 5.56 Å². The summed E-state index contributed by atoms with van der Waals surface area (Å²) in [5, 5.41) is 3.21. The average molecular weight is 258 g/mol. The Labute approximate surface area is 98.2 Å². The molecule has 0 aliphatic rings. The summed E-state index contributed by atoms with van der Waals surface area (Å²) in [6.07, 6.45) is -4.67. The van der Waals surface area contributed by atoms with Crippen LogP contribution in [0.4, 0.5) is 13.2 Å². The number of rotatable bonds is 3. The van der Waals surface area contributed by atoms with Crippen molar-refractivity contribution in [2.75, 3.05) is 0 Å². The molecule has 2 rings (SSSR count). The Hall–Kier alpha value is -2.38. The monoisotopic (exact) mass is 258 g/mol. The van der Waals surface area contributed by atoms with Gasteiger partial charge in [0.15, 0.2) is 0 Å². The summed E-state index contributed by atoms with van der Waals surface area (Å²) in [7, 11) is 0. The summed E-state index contributed by atoms with van der Waals surface area (Å²) in [6, 6.07) is 5.61. The van der Waals surface area contributed by atoms with E-state index in [4.69, 9.17) is 0 Å². The highest BCUT2D eigenvalue weighted by molar-refractivity contribution is 5.56. The third-order valence-corrected chi connectivity index (χ3v) is 1.97. The quantitative estimate of drug-likeness (QED) is 0.790. The summed E-state index contributed by atoms with van der Waals surface area (Å²) in [6.45, 7) is 0.241. The molecule has 2 aromatic rings. The molecule has 0 N–H and O–H groups in total. The first-order valence-electron chi connectivity index (χ1n) is 4.62. The second-order valence-electron chi connectivity index (χ2n) is 3.16. The minimum absolute atomic E-state index is 0.194. The second-order valence-corrected chi connectivity index (χ2v) is 3.16. The van der Waals surface area contributed by atoms with Crippen molar-refractivity contribution in [2.45, 2.75) is 6.18 Å². The van der Waals surface area contributed by atoms with Crippen LogP contribution in [0.2, 0.25) is 0 Å². The number of benzene rings is 1. The summed E-state index contributed by atoms with van der Waals surface area (Å²) in [5.74, 6) is -1.35. The lowest BCUT2D eigenvalue weighted by atomic mass is 10.2. The van der Waals surface area contributed by atoms with Crippen molar-refractivity contribution in [1.29, 1.82) is 0 Å². The van der Waals surface area contributed by atoms with Crippen LogP contribution in [-0.4, -0.2) is 16.6 Å². The molecule has 0 aliphatic heterocycles. The molecule has 1 heterocycles. The van der Waals surface area contributed by atoms with E-state index < -0.39 is 12.1 Å². The van der Waals surface area contributed by atoms with Crippen molar-refractivity contribution in [2.24, 2.45) is 0 Å². The number of hydrogen-bond acceptors (Lipinski definition) is 5. The number of carbonyl (C=O) groups is 1. The lowest BCUT2D eigenvalue weighted by molar-refractivity contribution is -0.159. The van der Waals surface area contributed by atoms with E-state index in [9.17, 15) is 18.0 Å². The molecule has 0 amide bonds. The van der Waals surface area contributed by atoms with Gasteiger partial charge in [-0.1, -0.05) is 5.16 Å². The Morgan fingerprint density at radius 3 is 2.39 bits per heavy atom. The third kappa shape index (κ3) is 2.47. The maximum absolute atomic E-state index is 12.2. The van der Waals surface area contributed by atoms with E-state index >= 15 is 0 Å². The van der Waals surface area contributed by atoms with E-state index in [1.54, 1.807) is 0 Å². The predicted molar refractivity (Wildman–Crippen MR) is 51.4 cm³/mol. The van der Waals surface area contributed by atoms with Crippen LogP contribution in [0.1, 0.15) is 5.89 Å². The molecule has 0 aliphatic carbocycles. The highest BCUT2D eigenvalue weighted by Crippen LogP contribution is 2.29. The fourth-order valence-corrected chi connectivity index (χ4v) is 1.19. The van der Waals surface area contributed by atoms with Gasteiger partial charge in [-0.25, -0.2) is 0 Å². The number of carbonyl (C=O) groups excluding carboxylic acids is 1. The van der Waals surface area contributed by atoms with Crippen molar-refractivity contribution >= 4 is 6.47 Å². The number of hydrogen-bond donors (Lipinski definition) is 0. The zero-order valence-electron chi connectivity index (χ0n) is 8.64. The predicted octanol–water partition coefficient (Wildman–Crippen LogP) is 2.29. The van der Waals surface area contributed by atoms with Crippen LogP contribution >= 0.6 is 0 Å². The zero-order chi connectivity index (χ0) is 13.2. The van der Waals surface area contributed by atoms with Crippen molar-refractivity contribution in [3.63, 3.8) is 0 Å². The summed E-state index contributed by atoms with van der Waals surface area (Å²) in [5.41, 5.74) is 0.312. The lowest BCUT2D eigenvalue weighted by Crippen LogP contribution is -2.04. The number of halogens is 3. The Balaban J connectivity index is 2.26. The molecule has 8 heteroatoms. The number of alkyl halides is 3. The SMILES string of the molecule is O=COc1ccc(-c2noc(C(F)(F)F)n2)cc1. The Morgan fingerprint density at radius 2 is 1.89 bits per heavy atom. The Morgan fingerprint density at radius 1 is 1.22 bits per heavy atom. The third-order valence-electron chi connectivity index (χ3n) is 1.97. The summed E-state index contributed by atoms with van der Waals surface area (Å²) < 4.78 is 45.3. The molecular weight excluding hydrogens is 253 g/mol. The van der Waals surface area contributed by atoms with Gasteiger partial charge in [0.1, 0.15) is 5.75 Å². The molecule has 0 saturated heterocycles.